The van der Waals surface area contributed by atoms with E-state index in [-0.39, 0.29) is 0 Å². The smallest absolute Gasteiger partial charge is 0.132 e. The second-order valence-corrected chi connectivity index (χ2v) is 19.4. The molecule has 0 radical (unpaired) electrons. The van der Waals surface area contributed by atoms with Crippen LogP contribution in [0.1, 0.15) is 44.5 Å². The second-order valence-electron chi connectivity index (χ2n) is 19.4. The highest BCUT2D eigenvalue weighted by atomic mass is 16.5. The second kappa shape index (κ2) is 14.6. The van der Waals surface area contributed by atoms with Gasteiger partial charge in [0.05, 0.1) is 27.6 Å². The third-order valence-electron chi connectivity index (χ3n) is 16.1. The van der Waals surface area contributed by atoms with E-state index < -0.39 is 10.8 Å². The molecule has 11 aromatic carbocycles. The largest absolute Gasteiger partial charge is 0.457 e. The Balaban J connectivity index is 1.02. The number of hydrogen-bond acceptors (Lipinski definition) is 3. The Morgan fingerprint density at radius 1 is 0.306 bits per heavy atom. The van der Waals surface area contributed by atoms with Gasteiger partial charge < -0.3 is 18.9 Å². The minimum absolute atomic E-state index is 0.634. The zero-order valence-electron chi connectivity index (χ0n) is 39.0. The van der Waals surface area contributed by atoms with Crippen molar-refractivity contribution in [2.45, 2.75) is 10.8 Å². The van der Waals surface area contributed by atoms with Gasteiger partial charge in [-0.2, -0.15) is 0 Å². The highest BCUT2D eigenvalue weighted by Crippen LogP contribution is 2.66. The summed E-state index contributed by atoms with van der Waals surface area (Å²) in [6.45, 7) is 0. The van der Waals surface area contributed by atoms with Gasteiger partial charge in [0.2, 0.25) is 0 Å². The lowest BCUT2D eigenvalue weighted by molar-refractivity contribution is 0.436. The Labute approximate surface area is 416 Å². The van der Waals surface area contributed by atoms with Gasteiger partial charge in [0.15, 0.2) is 0 Å². The molecule has 72 heavy (non-hydrogen) atoms. The van der Waals surface area contributed by atoms with E-state index in [1.807, 2.05) is 0 Å². The third-order valence-corrected chi connectivity index (χ3v) is 16.1. The van der Waals surface area contributed by atoms with E-state index in [2.05, 4.69) is 264 Å². The van der Waals surface area contributed by atoms with E-state index >= 15 is 0 Å². The van der Waals surface area contributed by atoms with Crippen LogP contribution in [0.2, 0.25) is 0 Å². The first-order valence-corrected chi connectivity index (χ1v) is 24.8. The van der Waals surface area contributed by atoms with Gasteiger partial charge in [0.25, 0.3) is 0 Å². The summed E-state index contributed by atoms with van der Waals surface area (Å²) >= 11 is 0. The van der Waals surface area contributed by atoms with Crippen LogP contribution in [0.3, 0.4) is 0 Å². The van der Waals surface area contributed by atoms with Crippen LogP contribution in [0.5, 0.6) is 23.0 Å². The third kappa shape index (κ3) is 5.00. The maximum Gasteiger partial charge on any atom is 0.132 e. The molecule has 0 N–H and O–H groups in total. The number of aromatic nitrogens is 1. The molecule has 4 aliphatic rings. The molecular formula is C68H42N2O2. The van der Waals surface area contributed by atoms with E-state index in [4.69, 9.17) is 9.47 Å². The first-order valence-electron chi connectivity index (χ1n) is 24.8. The predicted molar refractivity (Wildman–Crippen MR) is 290 cm³/mol. The van der Waals surface area contributed by atoms with Crippen molar-refractivity contribution in [3.8, 4) is 50.9 Å². The molecule has 16 rings (SSSR count). The summed E-state index contributed by atoms with van der Waals surface area (Å²) in [6, 6.07) is 93.3. The zero-order chi connectivity index (χ0) is 47.1. The first kappa shape index (κ1) is 39.5. The fourth-order valence-electron chi connectivity index (χ4n) is 13.4. The van der Waals surface area contributed by atoms with Crippen LogP contribution in [0.4, 0.5) is 17.1 Å². The fourth-order valence-corrected chi connectivity index (χ4v) is 13.4. The standard InChI is InChI=1S/C68H42N2O2/c1-2-19-43(20-3-1)70-59-31-13-6-22-48(59)50-41-44(38-40-60(50)70)69(45-37-39-47-46-21-4-7-24-51(46)68(58(47)42-45)55-28-11-16-35-64(55)72-65-36-17-12-29-56(65)68)61-32-18-30-57-66(61)49-23-5-8-25-52(49)67(57)53-26-9-14-33-62(53)71-63-34-15-10-27-54(63)67/h1-42H. The van der Waals surface area contributed by atoms with Crippen LogP contribution < -0.4 is 14.4 Å². The summed E-state index contributed by atoms with van der Waals surface area (Å²) in [6.07, 6.45) is 0. The monoisotopic (exact) mass is 918 g/mol. The average molecular weight is 919 g/mol. The van der Waals surface area contributed by atoms with Crippen molar-refractivity contribution >= 4 is 38.9 Å². The van der Waals surface area contributed by atoms with Gasteiger partial charge in [-0.15, -0.1) is 0 Å². The van der Waals surface area contributed by atoms with E-state index in [1.54, 1.807) is 0 Å². The van der Waals surface area contributed by atoms with Gasteiger partial charge in [-0.3, -0.25) is 0 Å². The molecule has 0 atom stereocenters. The van der Waals surface area contributed by atoms with Crippen LogP contribution >= 0.6 is 0 Å². The van der Waals surface area contributed by atoms with E-state index in [0.29, 0.717) is 0 Å². The molecule has 0 saturated carbocycles. The summed E-state index contributed by atoms with van der Waals surface area (Å²) in [4.78, 5) is 2.54. The molecule has 0 unspecified atom stereocenters. The lowest BCUT2D eigenvalue weighted by atomic mass is 9.66. The quantitative estimate of drug-likeness (QED) is 0.176. The van der Waals surface area contributed by atoms with Crippen molar-refractivity contribution in [3.05, 3.63) is 299 Å². The summed E-state index contributed by atoms with van der Waals surface area (Å²) < 4.78 is 16.0. The average Bonchev–Trinajstić information content (AvgIpc) is 4.04. The maximum absolute atomic E-state index is 6.79. The van der Waals surface area contributed by atoms with Crippen LogP contribution in [0.15, 0.2) is 255 Å². The topological polar surface area (TPSA) is 26.6 Å². The number of fused-ring (bicyclic) bond motifs is 21. The minimum Gasteiger partial charge on any atom is -0.457 e. The Morgan fingerprint density at radius 3 is 1.42 bits per heavy atom. The molecule has 1 aromatic heterocycles. The van der Waals surface area contributed by atoms with Crippen molar-refractivity contribution in [1.29, 1.82) is 0 Å². The summed E-state index contributed by atoms with van der Waals surface area (Å²) in [7, 11) is 0. The maximum atomic E-state index is 6.79. The van der Waals surface area contributed by atoms with Crippen LogP contribution in [-0.2, 0) is 10.8 Å². The van der Waals surface area contributed by atoms with Crippen LogP contribution in [-0.4, -0.2) is 4.57 Å². The first-order chi connectivity index (χ1) is 35.7. The number of nitrogens with zero attached hydrogens (tertiary/aromatic N) is 2. The number of hydrogen-bond donors (Lipinski definition) is 0. The van der Waals surface area contributed by atoms with Crippen LogP contribution in [0, 0.1) is 0 Å². The Morgan fingerprint density at radius 2 is 0.764 bits per heavy atom. The molecule has 2 spiro atoms. The molecule has 0 fully saturated rings. The van der Waals surface area contributed by atoms with Gasteiger partial charge >= 0.3 is 0 Å². The number of para-hydroxylation sites is 6. The SMILES string of the molecule is c1ccc(-n2c3ccccc3c3cc(N(c4ccc5c(c4)C4(c6ccccc6Oc6ccccc64)c4ccccc4-5)c4cccc5c4-c4ccccc4C54c5ccccc5Oc5ccccc54)ccc32)cc1. The predicted octanol–water partition coefficient (Wildman–Crippen LogP) is 17.2. The number of ether oxygens (including phenoxy) is 2. The molecule has 0 saturated heterocycles. The van der Waals surface area contributed by atoms with Crippen molar-refractivity contribution in [3.63, 3.8) is 0 Å². The van der Waals surface area contributed by atoms with Gasteiger partial charge in [0.1, 0.15) is 23.0 Å². The normalized spacial score (nSPS) is 14.3. The molecule has 2 aliphatic heterocycles. The van der Waals surface area contributed by atoms with Crippen molar-refractivity contribution in [2.75, 3.05) is 4.90 Å². The molecule has 4 heteroatoms. The van der Waals surface area contributed by atoms with Gasteiger partial charge in [0, 0.05) is 55.7 Å². The molecule has 2 aliphatic carbocycles. The summed E-state index contributed by atoms with van der Waals surface area (Å²) in [5.41, 5.74) is 19.8. The summed E-state index contributed by atoms with van der Waals surface area (Å²) in [5.74, 6) is 3.51. The zero-order valence-corrected chi connectivity index (χ0v) is 39.0. The van der Waals surface area contributed by atoms with Crippen molar-refractivity contribution < 1.29 is 9.47 Å². The van der Waals surface area contributed by atoms with Crippen molar-refractivity contribution in [2.24, 2.45) is 0 Å². The van der Waals surface area contributed by atoms with E-state index in [9.17, 15) is 0 Å². The number of anilines is 3. The molecule has 0 bridgehead atoms. The van der Waals surface area contributed by atoms with Gasteiger partial charge in [-0.1, -0.05) is 176 Å². The molecule has 4 nitrogen and oxygen atoms in total. The van der Waals surface area contributed by atoms with Crippen molar-refractivity contribution in [1.82, 2.24) is 4.57 Å². The highest BCUT2D eigenvalue weighted by Gasteiger charge is 2.53. The number of benzene rings is 11. The highest BCUT2D eigenvalue weighted by molar-refractivity contribution is 6.11. The molecule has 12 aromatic rings. The Kier molecular flexibility index (Phi) is 7.99. The fraction of sp³-hybridized carbons (Fsp3) is 0.0294. The lowest BCUT2D eigenvalue weighted by Gasteiger charge is -2.40. The summed E-state index contributed by atoms with van der Waals surface area (Å²) in [5, 5.41) is 2.39. The van der Waals surface area contributed by atoms with Gasteiger partial charge in [-0.05, 0) is 118 Å². The minimum atomic E-state index is -0.642. The molecule has 0 amide bonds. The molecule has 3 heterocycles. The van der Waals surface area contributed by atoms with Gasteiger partial charge in [-0.25, -0.2) is 0 Å². The lowest BCUT2D eigenvalue weighted by Crippen LogP contribution is -2.32. The Bertz CT molecular complexity index is 4170. The molecule has 336 valence electrons. The van der Waals surface area contributed by atoms with E-state index in [0.717, 1.165) is 73.5 Å². The van der Waals surface area contributed by atoms with E-state index in [1.165, 1.54) is 60.8 Å². The molecular weight excluding hydrogens is 877 g/mol. The Hall–Kier alpha value is -9.38. The van der Waals surface area contributed by atoms with Crippen LogP contribution in [0.25, 0.3) is 49.7 Å². The number of rotatable bonds is 4.